The van der Waals surface area contributed by atoms with E-state index < -0.39 is 6.10 Å². The van der Waals surface area contributed by atoms with Gasteiger partial charge in [0.2, 0.25) is 0 Å². The first-order valence-electron chi connectivity index (χ1n) is 5.25. The smallest absolute Gasteiger partial charge is 0.260 e. The molecular weight excluding hydrogens is 206 g/mol. The second kappa shape index (κ2) is 5.39. The molecule has 1 atom stereocenters. The maximum absolute atomic E-state index is 11.5. The number of hydrogen-bond acceptors (Lipinski definition) is 3. The van der Waals surface area contributed by atoms with Crippen LogP contribution < -0.4 is 10.1 Å². The number of hydrogen-bond donors (Lipinski definition) is 2. The van der Waals surface area contributed by atoms with Crippen molar-refractivity contribution in [1.82, 2.24) is 5.32 Å². The van der Waals surface area contributed by atoms with Crippen molar-refractivity contribution in [1.29, 1.82) is 0 Å². The van der Waals surface area contributed by atoms with E-state index in [0.717, 1.165) is 0 Å². The van der Waals surface area contributed by atoms with E-state index in [0.29, 0.717) is 5.75 Å². The normalized spacial score (nSPS) is 12.2. The Kier molecular flexibility index (Phi) is 4.17. The third-order valence-electron chi connectivity index (χ3n) is 1.95. The lowest BCUT2D eigenvalue weighted by molar-refractivity contribution is -0.127. The summed E-state index contributed by atoms with van der Waals surface area (Å²) in [6, 6.07) is 6.37. The summed E-state index contributed by atoms with van der Waals surface area (Å²) in [6.45, 7) is 5.47. The minimum absolute atomic E-state index is 0.0957. The van der Waals surface area contributed by atoms with E-state index in [9.17, 15) is 4.79 Å². The standard InChI is InChI=1S/C12H17NO3/c1-8(2)13-12(15)9(3)16-11-6-4-10(14)5-7-11/h4-9,14H,1-3H3,(H,13,15)/t9-/m1/s1. The number of carbonyl (C=O) groups is 1. The van der Waals surface area contributed by atoms with Crippen LogP contribution in [0.3, 0.4) is 0 Å². The predicted molar refractivity (Wildman–Crippen MR) is 61.5 cm³/mol. The summed E-state index contributed by atoms with van der Waals surface area (Å²) in [5, 5.41) is 11.8. The fraction of sp³-hybridized carbons (Fsp3) is 0.417. The minimum Gasteiger partial charge on any atom is -0.508 e. The molecule has 16 heavy (non-hydrogen) atoms. The largest absolute Gasteiger partial charge is 0.508 e. The molecule has 4 nitrogen and oxygen atoms in total. The van der Waals surface area contributed by atoms with E-state index in [4.69, 9.17) is 9.84 Å². The summed E-state index contributed by atoms with van der Waals surface area (Å²) in [4.78, 5) is 11.5. The molecule has 4 heteroatoms. The lowest BCUT2D eigenvalue weighted by Crippen LogP contribution is -2.39. The van der Waals surface area contributed by atoms with Gasteiger partial charge in [0.25, 0.3) is 5.91 Å². The number of carbonyl (C=O) groups excluding carboxylic acids is 1. The highest BCUT2D eigenvalue weighted by Crippen LogP contribution is 2.17. The maximum atomic E-state index is 11.5. The van der Waals surface area contributed by atoms with Crippen molar-refractivity contribution >= 4 is 5.91 Å². The van der Waals surface area contributed by atoms with Gasteiger partial charge in [-0.1, -0.05) is 0 Å². The molecule has 1 aromatic rings. The van der Waals surface area contributed by atoms with Crippen molar-refractivity contribution in [3.05, 3.63) is 24.3 Å². The number of nitrogens with one attached hydrogen (secondary N) is 1. The summed E-state index contributed by atoms with van der Waals surface area (Å²) in [7, 11) is 0. The Balaban J connectivity index is 2.53. The summed E-state index contributed by atoms with van der Waals surface area (Å²) in [6.07, 6.45) is -0.549. The molecule has 1 amide bonds. The third kappa shape index (κ3) is 3.81. The molecule has 0 heterocycles. The molecule has 1 rings (SSSR count). The minimum atomic E-state index is -0.549. The quantitative estimate of drug-likeness (QED) is 0.816. The molecule has 88 valence electrons. The van der Waals surface area contributed by atoms with Crippen LogP contribution >= 0.6 is 0 Å². The highest BCUT2D eigenvalue weighted by Gasteiger charge is 2.14. The van der Waals surface area contributed by atoms with Crippen LogP contribution in [-0.2, 0) is 4.79 Å². The van der Waals surface area contributed by atoms with Crippen molar-refractivity contribution in [2.24, 2.45) is 0 Å². The first-order valence-corrected chi connectivity index (χ1v) is 5.25. The monoisotopic (exact) mass is 223 g/mol. The van der Waals surface area contributed by atoms with E-state index in [2.05, 4.69) is 5.32 Å². The van der Waals surface area contributed by atoms with Crippen molar-refractivity contribution in [3.63, 3.8) is 0 Å². The highest BCUT2D eigenvalue weighted by atomic mass is 16.5. The number of benzene rings is 1. The molecule has 0 aliphatic rings. The maximum Gasteiger partial charge on any atom is 0.260 e. The van der Waals surface area contributed by atoms with Gasteiger partial charge in [0, 0.05) is 6.04 Å². The average molecular weight is 223 g/mol. The Morgan fingerprint density at radius 2 is 1.81 bits per heavy atom. The topological polar surface area (TPSA) is 58.6 Å². The van der Waals surface area contributed by atoms with Crippen molar-refractivity contribution < 1.29 is 14.6 Å². The van der Waals surface area contributed by atoms with E-state index in [1.807, 2.05) is 13.8 Å². The molecule has 0 fully saturated rings. The van der Waals surface area contributed by atoms with E-state index >= 15 is 0 Å². The zero-order valence-electron chi connectivity index (χ0n) is 9.73. The predicted octanol–water partition coefficient (Wildman–Crippen LogP) is 1.68. The number of phenolic OH excluding ortho intramolecular Hbond substituents is 1. The van der Waals surface area contributed by atoms with Gasteiger partial charge < -0.3 is 15.2 Å². The SMILES string of the molecule is CC(C)NC(=O)[C@@H](C)Oc1ccc(O)cc1. The van der Waals surface area contributed by atoms with E-state index in [1.165, 1.54) is 12.1 Å². The Bertz CT molecular complexity index is 346. The van der Waals surface area contributed by atoms with Gasteiger partial charge in [-0.25, -0.2) is 0 Å². The average Bonchev–Trinajstić information content (AvgIpc) is 2.20. The summed E-state index contributed by atoms with van der Waals surface area (Å²) < 4.78 is 5.41. The Morgan fingerprint density at radius 1 is 1.25 bits per heavy atom. The van der Waals surface area contributed by atoms with Gasteiger partial charge in [0.1, 0.15) is 11.5 Å². The van der Waals surface area contributed by atoms with Gasteiger partial charge >= 0.3 is 0 Å². The third-order valence-corrected chi connectivity index (χ3v) is 1.95. The first-order chi connectivity index (χ1) is 7.49. The van der Waals surface area contributed by atoms with Crippen LogP contribution in [-0.4, -0.2) is 23.2 Å². The van der Waals surface area contributed by atoms with Gasteiger partial charge in [-0.3, -0.25) is 4.79 Å². The second-order valence-electron chi connectivity index (χ2n) is 3.92. The van der Waals surface area contributed by atoms with Gasteiger partial charge in [-0.05, 0) is 45.0 Å². The number of rotatable bonds is 4. The molecule has 0 radical (unpaired) electrons. The number of amides is 1. The van der Waals surface area contributed by atoms with Crippen LogP contribution in [0.25, 0.3) is 0 Å². The second-order valence-corrected chi connectivity index (χ2v) is 3.92. The van der Waals surface area contributed by atoms with Crippen LogP contribution in [0.1, 0.15) is 20.8 Å². The zero-order valence-corrected chi connectivity index (χ0v) is 9.73. The van der Waals surface area contributed by atoms with Crippen LogP contribution in [0.15, 0.2) is 24.3 Å². The highest BCUT2D eigenvalue weighted by molar-refractivity contribution is 5.80. The van der Waals surface area contributed by atoms with E-state index in [-0.39, 0.29) is 17.7 Å². The molecule has 0 spiro atoms. The van der Waals surface area contributed by atoms with Crippen LogP contribution in [0.5, 0.6) is 11.5 Å². The number of aromatic hydroxyl groups is 1. The number of ether oxygens (including phenoxy) is 1. The Morgan fingerprint density at radius 3 is 2.31 bits per heavy atom. The van der Waals surface area contributed by atoms with Crippen molar-refractivity contribution in [2.45, 2.75) is 32.9 Å². The van der Waals surface area contributed by atoms with Gasteiger partial charge in [-0.2, -0.15) is 0 Å². The lowest BCUT2D eigenvalue weighted by atomic mass is 10.3. The summed E-state index contributed by atoms with van der Waals surface area (Å²) in [5.74, 6) is 0.582. The molecule has 0 aromatic heterocycles. The molecule has 0 aliphatic carbocycles. The lowest BCUT2D eigenvalue weighted by Gasteiger charge is -2.16. The molecule has 0 unspecified atom stereocenters. The molecule has 0 saturated carbocycles. The molecule has 0 bridgehead atoms. The first kappa shape index (κ1) is 12.4. The fourth-order valence-corrected chi connectivity index (χ4v) is 1.18. The molecule has 2 N–H and O–H groups in total. The molecule has 0 aliphatic heterocycles. The van der Waals surface area contributed by atoms with Gasteiger partial charge in [0.05, 0.1) is 0 Å². The molecule has 1 aromatic carbocycles. The zero-order chi connectivity index (χ0) is 12.1. The van der Waals surface area contributed by atoms with Gasteiger partial charge in [0.15, 0.2) is 6.10 Å². The number of phenols is 1. The summed E-state index contributed by atoms with van der Waals surface area (Å²) in [5.41, 5.74) is 0. The Hall–Kier alpha value is -1.71. The Labute approximate surface area is 95.2 Å². The van der Waals surface area contributed by atoms with E-state index in [1.54, 1.807) is 19.1 Å². The van der Waals surface area contributed by atoms with Crippen LogP contribution in [0.2, 0.25) is 0 Å². The van der Waals surface area contributed by atoms with Gasteiger partial charge in [-0.15, -0.1) is 0 Å². The van der Waals surface area contributed by atoms with Crippen LogP contribution in [0, 0.1) is 0 Å². The molecule has 0 saturated heterocycles. The summed E-state index contributed by atoms with van der Waals surface area (Å²) >= 11 is 0. The van der Waals surface area contributed by atoms with Crippen molar-refractivity contribution in [3.8, 4) is 11.5 Å². The van der Waals surface area contributed by atoms with Crippen molar-refractivity contribution in [2.75, 3.05) is 0 Å². The fourth-order valence-electron chi connectivity index (χ4n) is 1.18. The molecular formula is C12H17NO3. The van der Waals surface area contributed by atoms with Crippen LogP contribution in [0.4, 0.5) is 0 Å².